The number of nitrogens with zero attached hydrogens (tertiary/aromatic N) is 3. The highest BCUT2D eigenvalue weighted by Gasteiger charge is 2.12. The van der Waals surface area contributed by atoms with Crippen LogP contribution in [0.3, 0.4) is 0 Å². The van der Waals surface area contributed by atoms with E-state index in [0.717, 1.165) is 12.1 Å². The third-order valence-corrected chi connectivity index (χ3v) is 2.94. The van der Waals surface area contributed by atoms with Gasteiger partial charge in [0.25, 0.3) is 0 Å². The van der Waals surface area contributed by atoms with E-state index in [4.69, 9.17) is 0 Å². The maximum Gasteiger partial charge on any atom is 0.338 e. The van der Waals surface area contributed by atoms with Crippen molar-refractivity contribution in [2.75, 3.05) is 7.11 Å². The fourth-order valence-electron chi connectivity index (χ4n) is 1.88. The summed E-state index contributed by atoms with van der Waals surface area (Å²) in [5, 5.41) is 4.14. The Kier molecular flexibility index (Phi) is 3.09. The second kappa shape index (κ2) is 4.93. The van der Waals surface area contributed by atoms with Gasteiger partial charge < -0.3 is 4.74 Å². The summed E-state index contributed by atoms with van der Waals surface area (Å²) in [5.41, 5.74) is 1.07. The van der Waals surface area contributed by atoms with E-state index in [1.165, 1.54) is 36.0 Å². The first kappa shape index (κ1) is 13.2. The highest BCUT2D eigenvalue weighted by atomic mass is 19.2. The lowest BCUT2D eigenvalue weighted by Crippen LogP contribution is -2.02. The molecule has 0 aliphatic rings. The number of benzene rings is 1. The van der Waals surface area contributed by atoms with E-state index < -0.39 is 17.6 Å². The van der Waals surface area contributed by atoms with E-state index in [2.05, 4.69) is 14.8 Å². The molecule has 0 bridgehead atoms. The third kappa shape index (κ3) is 2.33. The van der Waals surface area contributed by atoms with Gasteiger partial charge in [-0.2, -0.15) is 0 Å². The first-order valence-corrected chi connectivity index (χ1v) is 5.98. The summed E-state index contributed by atoms with van der Waals surface area (Å²) in [5.74, 6) is -2.16. The van der Waals surface area contributed by atoms with Crippen LogP contribution in [0, 0.1) is 11.6 Å². The Morgan fingerprint density at radius 2 is 2.00 bits per heavy atom. The van der Waals surface area contributed by atoms with Crippen molar-refractivity contribution in [2.45, 2.75) is 0 Å². The quantitative estimate of drug-likeness (QED) is 0.680. The van der Waals surface area contributed by atoms with Gasteiger partial charge in [0.1, 0.15) is 0 Å². The predicted molar refractivity (Wildman–Crippen MR) is 69.7 cm³/mol. The first-order valence-electron chi connectivity index (χ1n) is 5.98. The number of methoxy groups -OCH3 is 1. The van der Waals surface area contributed by atoms with Crippen LogP contribution >= 0.6 is 0 Å². The van der Waals surface area contributed by atoms with E-state index in [1.807, 2.05) is 0 Å². The minimum absolute atomic E-state index is 0.232. The molecule has 3 rings (SSSR count). The standard InChI is InChI=1S/C14H9F2N3O2/c1-21-14(20)9-4-5-19-12(7-9)17-13(18-19)8-2-3-10(15)11(16)6-8/h2-7H,1H3. The van der Waals surface area contributed by atoms with Gasteiger partial charge >= 0.3 is 5.97 Å². The van der Waals surface area contributed by atoms with Gasteiger partial charge in [0.15, 0.2) is 23.1 Å². The molecule has 3 aromatic rings. The molecule has 5 nitrogen and oxygen atoms in total. The zero-order valence-electron chi connectivity index (χ0n) is 10.9. The van der Waals surface area contributed by atoms with Crippen LogP contribution in [0.4, 0.5) is 8.78 Å². The molecular formula is C14H9F2N3O2. The largest absolute Gasteiger partial charge is 0.465 e. The molecular weight excluding hydrogens is 280 g/mol. The van der Waals surface area contributed by atoms with Gasteiger partial charge in [0.05, 0.1) is 12.7 Å². The summed E-state index contributed by atoms with van der Waals surface area (Å²) in [6, 6.07) is 6.45. The Balaban J connectivity index is 2.08. The molecule has 2 aromatic heterocycles. The molecule has 0 saturated carbocycles. The van der Waals surface area contributed by atoms with Crippen molar-refractivity contribution in [3.8, 4) is 11.4 Å². The van der Waals surface area contributed by atoms with Crippen LogP contribution in [-0.4, -0.2) is 27.7 Å². The van der Waals surface area contributed by atoms with Gasteiger partial charge in [-0.15, -0.1) is 5.10 Å². The van der Waals surface area contributed by atoms with Crippen molar-refractivity contribution in [2.24, 2.45) is 0 Å². The highest BCUT2D eigenvalue weighted by Crippen LogP contribution is 2.19. The minimum Gasteiger partial charge on any atom is -0.465 e. The summed E-state index contributed by atoms with van der Waals surface area (Å²) in [7, 11) is 1.28. The fourth-order valence-corrected chi connectivity index (χ4v) is 1.88. The molecule has 0 fully saturated rings. The molecule has 0 radical (unpaired) electrons. The number of halogens is 2. The van der Waals surface area contributed by atoms with Crippen LogP contribution in [0.1, 0.15) is 10.4 Å². The number of carbonyl (C=O) groups is 1. The average molecular weight is 289 g/mol. The fraction of sp³-hybridized carbons (Fsp3) is 0.0714. The van der Waals surface area contributed by atoms with Gasteiger partial charge in [-0.3, -0.25) is 0 Å². The zero-order chi connectivity index (χ0) is 15.0. The van der Waals surface area contributed by atoms with Crippen molar-refractivity contribution in [1.82, 2.24) is 14.6 Å². The second-order valence-electron chi connectivity index (χ2n) is 4.27. The number of pyridine rings is 1. The number of ether oxygens (including phenoxy) is 1. The van der Waals surface area contributed by atoms with Crippen molar-refractivity contribution in [3.63, 3.8) is 0 Å². The Labute approximate surface area is 117 Å². The van der Waals surface area contributed by atoms with Crippen LogP contribution in [0.2, 0.25) is 0 Å². The monoisotopic (exact) mass is 289 g/mol. The molecule has 0 unspecified atom stereocenters. The third-order valence-electron chi connectivity index (χ3n) is 2.94. The van der Waals surface area contributed by atoms with Gasteiger partial charge in [0.2, 0.25) is 0 Å². The van der Waals surface area contributed by atoms with Gasteiger partial charge in [-0.05, 0) is 30.3 Å². The van der Waals surface area contributed by atoms with Crippen LogP contribution in [0.5, 0.6) is 0 Å². The molecule has 7 heteroatoms. The number of aromatic nitrogens is 3. The number of fused-ring (bicyclic) bond motifs is 1. The lowest BCUT2D eigenvalue weighted by Gasteiger charge is -1.97. The van der Waals surface area contributed by atoms with Crippen LogP contribution in [0.25, 0.3) is 17.0 Å². The molecule has 0 atom stereocenters. The minimum atomic E-state index is -0.971. The number of rotatable bonds is 2. The van der Waals surface area contributed by atoms with Crippen LogP contribution < -0.4 is 0 Å². The van der Waals surface area contributed by atoms with Crippen molar-refractivity contribution in [1.29, 1.82) is 0 Å². The van der Waals surface area contributed by atoms with Gasteiger partial charge in [-0.1, -0.05) is 0 Å². The van der Waals surface area contributed by atoms with E-state index in [9.17, 15) is 13.6 Å². The van der Waals surface area contributed by atoms with Crippen molar-refractivity contribution in [3.05, 3.63) is 53.7 Å². The van der Waals surface area contributed by atoms with Gasteiger partial charge in [-0.25, -0.2) is 23.1 Å². The summed E-state index contributed by atoms with van der Waals surface area (Å²) < 4.78 is 32.2. The van der Waals surface area contributed by atoms with Crippen molar-refractivity contribution < 1.29 is 18.3 Å². The summed E-state index contributed by atoms with van der Waals surface area (Å²) in [6.45, 7) is 0. The molecule has 0 spiro atoms. The normalized spacial score (nSPS) is 10.8. The molecule has 1 aromatic carbocycles. The van der Waals surface area contributed by atoms with Crippen LogP contribution in [-0.2, 0) is 4.74 Å². The number of esters is 1. The number of hydrogen-bond acceptors (Lipinski definition) is 4. The molecule has 0 amide bonds. The zero-order valence-corrected chi connectivity index (χ0v) is 10.9. The molecule has 0 N–H and O–H groups in total. The van der Waals surface area contributed by atoms with Crippen LogP contribution in [0.15, 0.2) is 36.5 Å². The maximum absolute atomic E-state index is 13.2. The summed E-state index contributed by atoms with van der Waals surface area (Å²) in [6.07, 6.45) is 1.54. The highest BCUT2D eigenvalue weighted by molar-refractivity contribution is 5.90. The van der Waals surface area contributed by atoms with E-state index in [-0.39, 0.29) is 5.82 Å². The average Bonchev–Trinajstić information content (AvgIpc) is 2.92. The lowest BCUT2D eigenvalue weighted by molar-refractivity contribution is 0.0600. The SMILES string of the molecule is COC(=O)c1ccn2nc(-c3ccc(F)c(F)c3)nc2c1. The Morgan fingerprint density at radius 1 is 1.19 bits per heavy atom. The lowest BCUT2D eigenvalue weighted by atomic mass is 10.2. The molecule has 0 aliphatic carbocycles. The van der Waals surface area contributed by atoms with E-state index >= 15 is 0 Å². The molecule has 0 saturated heterocycles. The summed E-state index contributed by atoms with van der Waals surface area (Å²) in [4.78, 5) is 15.6. The molecule has 2 heterocycles. The maximum atomic E-state index is 13.2. The molecule has 0 aliphatic heterocycles. The summed E-state index contributed by atoms with van der Waals surface area (Å²) >= 11 is 0. The van der Waals surface area contributed by atoms with Gasteiger partial charge in [0, 0.05) is 11.8 Å². The second-order valence-corrected chi connectivity index (χ2v) is 4.27. The van der Waals surface area contributed by atoms with Crippen molar-refractivity contribution >= 4 is 11.6 Å². The predicted octanol–water partition coefficient (Wildman–Crippen LogP) is 2.46. The molecule has 106 valence electrons. The first-order chi connectivity index (χ1) is 10.1. The number of hydrogen-bond donors (Lipinski definition) is 0. The smallest absolute Gasteiger partial charge is 0.338 e. The van der Waals surface area contributed by atoms with E-state index in [0.29, 0.717) is 16.8 Å². The topological polar surface area (TPSA) is 56.5 Å². The Bertz CT molecular complexity index is 845. The Hall–Kier alpha value is -2.83. The van der Waals surface area contributed by atoms with E-state index in [1.54, 1.807) is 0 Å². The number of carbonyl (C=O) groups excluding carboxylic acids is 1. The Morgan fingerprint density at radius 3 is 2.71 bits per heavy atom. The molecule has 21 heavy (non-hydrogen) atoms.